The van der Waals surface area contributed by atoms with Gasteiger partial charge in [0.25, 0.3) is 5.91 Å². The lowest BCUT2D eigenvalue weighted by molar-refractivity contribution is -0.777. The molecule has 1 aromatic heterocycles. The molecule has 2 heterocycles. The van der Waals surface area contributed by atoms with E-state index in [0.717, 1.165) is 20.8 Å². The van der Waals surface area contributed by atoms with Crippen LogP contribution in [0.5, 0.6) is 0 Å². The summed E-state index contributed by atoms with van der Waals surface area (Å²) in [6.07, 6.45) is -3.27. The number of hydrogen-bond donors (Lipinski definition) is 1. The Kier molecular flexibility index (Phi) is 8.24. The summed E-state index contributed by atoms with van der Waals surface area (Å²) in [6.45, 7) is 4.22. The minimum Gasteiger partial charge on any atom is -0.463 e. The van der Waals surface area contributed by atoms with Crippen LogP contribution in [0, 0.1) is 0 Å². The molecule has 1 aliphatic heterocycles. The first-order chi connectivity index (χ1) is 15.0. The summed E-state index contributed by atoms with van der Waals surface area (Å²) in [5.41, 5.74) is 5.47. The number of esters is 4. The Hall–Kier alpha value is -3.54. The number of nitrogens with zero attached hydrogens (tertiary/aromatic N) is 1. The number of aromatic nitrogens is 1. The summed E-state index contributed by atoms with van der Waals surface area (Å²) in [4.78, 5) is 58.4. The molecule has 2 N–H and O–H groups in total. The fraction of sp³-hybridized carbons (Fsp3) is 0.500. The van der Waals surface area contributed by atoms with Gasteiger partial charge in [0.15, 0.2) is 24.6 Å². The molecule has 2 rings (SSSR count). The molecule has 1 aliphatic rings. The maximum Gasteiger partial charge on any atom is 0.304 e. The van der Waals surface area contributed by atoms with Crippen molar-refractivity contribution in [3.8, 4) is 0 Å². The predicted molar refractivity (Wildman–Crippen MR) is 102 cm³/mol. The molecule has 0 bridgehead atoms. The molecule has 0 spiro atoms. The van der Waals surface area contributed by atoms with Crippen molar-refractivity contribution in [2.75, 3.05) is 6.61 Å². The van der Waals surface area contributed by atoms with Gasteiger partial charge < -0.3 is 29.4 Å². The molecule has 1 saturated heterocycles. The highest BCUT2D eigenvalue weighted by Crippen LogP contribution is 2.32. The van der Waals surface area contributed by atoms with Crippen LogP contribution in [0.1, 0.15) is 44.3 Å². The second kappa shape index (κ2) is 10.7. The molecule has 12 heteroatoms. The normalized spacial score (nSPS) is 24.7. The van der Waals surface area contributed by atoms with Crippen molar-refractivity contribution in [3.05, 3.63) is 30.1 Å². The average molecular weight is 453 g/mol. The van der Waals surface area contributed by atoms with Gasteiger partial charge in [-0.25, -0.2) is 0 Å². The van der Waals surface area contributed by atoms with E-state index < -0.39 is 60.4 Å². The van der Waals surface area contributed by atoms with Gasteiger partial charge in [0.2, 0.25) is 6.10 Å². The molecule has 0 aliphatic carbocycles. The van der Waals surface area contributed by atoms with Crippen LogP contribution in [-0.2, 0) is 42.9 Å². The minimum atomic E-state index is -1.32. The zero-order valence-electron chi connectivity index (χ0n) is 18.0. The number of rotatable bonds is 7. The Bertz CT molecular complexity index is 902. The van der Waals surface area contributed by atoms with E-state index in [-0.39, 0.29) is 12.2 Å². The van der Waals surface area contributed by atoms with Crippen LogP contribution in [-0.4, -0.2) is 60.8 Å². The van der Waals surface area contributed by atoms with Gasteiger partial charge in [-0.05, 0) is 6.07 Å². The highest BCUT2D eigenvalue weighted by molar-refractivity contribution is 5.92. The van der Waals surface area contributed by atoms with Gasteiger partial charge in [0.1, 0.15) is 18.3 Å². The summed E-state index contributed by atoms with van der Waals surface area (Å²) in [7, 11) is 0. The van der Waals surface area contributed by atoms with Crippen molar-refractivity contribution >= 4 is 29.8 Å². The highest BCUT2D eigenvalue weighted by Gasteiger charge is 2.56. The molecule has 1 amide bonds. The fourth-order valence-electron chi connectivity index (χ4n) is 3.24. The monoisotopic (exact) mass is 453 g/mol. The van der Waals surface area contributed by atoms with Gasteiger partial charge >= 0.3 is 30.1 Å². The maximum atomic E-state index is 11.8. The van der Waals surface area contributed by atoms with Crippen LogP contribution in [0.2, 0.25) is 0 Å². The lowest BCUT2D eigenvalue weighted by Gasteiger charge is -2.41. The van der Waals surface area contributed by atoms with Crippen LogP contribution in [0.25, 0.3) is 0 Å². The van der Waals surface area contributed by atoms with Crippen molar-refractivity contribution in [2.45, 2.75) is 58.3 Å². The lowest BCUT2D eigenvalue weighted by Crippen LogP contribution is -2.65. The van der Waals surface area contributed by atoms with E-state index in [1.807, 2.05) is 0 Å². The second-order valence-electron chi connectivity index (χ2n) is 6.99. The first-order valence-electron chi connectivity index (χ1n) is 9.60. The van der Waals surface area contributed by atoms with Crippen LogP contribution in [0.4, 0.5) is 0 Å². The van der Waals surface area contributed by atoms with Crippen molar-refractivity contribution < 1.29 is 52.2 Å². The number of pyridine rings is 1. The van der Waals surface area contributed by atoms with Crippen LogP contribution in [0.15, 0.2) is 24.5 Å². The van der Waals surface area contributed by atoms with E-state index in [0.29, 0.717) is 0 Å². The molecular formula is C20H25N2O10+. The summed E-state index contributed by atoms with van der Waals surface area (Å²) in [5.74, 6) is -3.54. The number of carbonyl (C=O) groups is 5. The third-order valence-corrected chi connectivity index (χ3v) is 4.37. The Morgan fingerprint density at radius 2 is 1.47 bits per heavy atom. The molecule has 5 atom stereocenters. The molecule has 0 aromatic carbocycles. The number of primary amides is 1. The average Bonchev–Trinajstić information content (AvgIpc) is 2.68. The Morgan fingerprint density at radius 1 is 0.906 bits per heavy atom. The van der Waals surface area contributed by atoms with Gasteiger partial charge in [-0.1, -0.05) is 0 Å². The van der Waals surface area contributed by atoms with Gasteiger partial charge in [0.05, 0.1) is 0 Å². The van der Waals surface area contributed by atoms with E-state index in [2.05, 4.69) is 0 Å². The Balaban J connectivity index is 2.58. The number of amides is 1. The maximum absolute atomic E-state index is 11.8. The van der Waals surface area contributed by atoms with Crippen molar-refractivity contribution in [2.24, 2.45) is 5.73 Å². The topological polar surface area (TPSA) is 161 Å². The highest BCUT2D eigenvalue weighted by atomic mass is 16.7. The van der Waals surface area contributed by atoms with E-state index in [9.17, 15) is 24.0 Å². The smallest absolute Gasteiger partial charge is 0.304 e. The SMILES string of the molecule is CC(=O)OC[C@@H]1O[C@@H]([n+]2cccc(C(N)=O)c2)[C@@H](OC(C)=O)[C@@H](OC(C)=O)[C@@H]1OC(C)=O. The van der Waals surface area contributed by atoms with E-state index in [4.69, 9.17) is 29.4 Å². The van der Waals surface area contributed by atoms with Gasteiger partial charge in [-0.3, -0.25) is 24.0 Å². The molecular weight excluding hydrogens is 428 g/mol. The standard InChI is InChI=1S/C20H24N2O10/c1-10(23)28-9-15-16(29-11(2)24)17(30-12(3)25)18(31-13(4)26)20(32-15)22-7-5-6-14(8-22)19(21)27/h5-8,15-18,20H,9H2,1-4H3,(H-,21,27)/p+1/t15-,16+,17-,18-,20+/m0/s1. The number of nitrogens with two attached hydrogens (primary N) is 1. The van der Waals surface area contributed by atoms with Crippen molar-refractivity contribution in [1.29, 1.82) is 0 Å². The molecule has 1 aromatic rings. The van der Waals surface area contributed by atoms with E-state index in [1.54, 1.807) is 0 Å². The molecule has 1 fully saturated rings. The largest absolute Gasteiger partial charge is 0.463 e. The predicted octanol–water partition coefficient (Wildman–Crippen LogP) is -0.671. The summed E-state index contributed by atoms with van der Waals surface area (Å²) in [5, 5.41) is 0. The molecule has 174 valence electrons. The summed E-state index contributed by atoms with van der Waals surface area (Å²) >= 11 is 0. The molecule has 32 heavy (non-hydrogen) atoms. The zero-order valence-corrected chi connectivity index (χ0v) is 18.0. The minimum absolute atomic E-state index is 0.125. The third kappa shape index (κ3) is 6.48. The lowest BCUT2D eigenvalue weighted by atomic mass is 9.97. The number of carbonyl (C=O) groups excluding carboxylic acids is 5. The first-order valence-corrected chi connectivity index (χ1v) is 9.60. The van der Waals surface area contributed by atoms with E-state index >= 15 is 0 Å². The quantitative estimate of drug-likeness (QED) is 0.318. The number of ether oxygens (including phenoxy) is 5. The van der Waals surface area contributed by atoms with Crippen LogP contribution in [0.3, 0.4) is 0 Å². The first kappa shape index (κ1) is 24.7. The van der Waals surface area contributed by atoms with Gasteiger partial charge in [-0.2, -0.15) is 4.57 Å². The van der Waals surface area contributed by atoms with E-state index in [1.165, 1.54) is 36.0 Å². The molecule has 0 unspecified atom stereocenters. The zero-order chi connectivity index (χ0) is 24.0. The molecule has 0 saturated carbocycles. The van der Waals surface area contributed by atoms with Crippen LogP contribution >= 0.6 is 0 Å². The van der Waals surface area contributed by atoms with Crippen molar-refractivity contribution in [1.82, 2.24) is 0 Å². The van der Waals surface area contributed by atoms with Crippen LogP contribution < -0.4 is 10.3 Å². The second-order valence-corrected chi connectivity index (χ2v) is 6.99. The number of hydrogen-bond acceptors (Lipinski definition) is 10. The molecule has 0 radical (unpaired) electrons. The summed E-state index contributed by atoms with van der Waals surface area (Å²) < 4.78 is 28.4. The van der Waals surface area contributed by atoms with Gasteiger partial charge in [0, 0.05) is 33.8 Å². The Labute approximate surface area is 183 Å². The Morgan fingerprint density at radius 3 is 2.00 bits per heavy atom. The fourth-order valence-corrected chi connectivity index (χ4v) is 3.24. The third-order valence-electron chi connectivity index (χ3n) is 4.37. The van der Waals surface area contributed by atoms with Crippen molar-refractivity contribution in [3.63, 3.8) is 0 Å². The van der Waals surface area contributed by atoms with Gasteiger partial charge in [-0.15, -0.1) is 0 Å². The molecule has 12 nitrogen and oxygen atoms in total. The summed E-state index contributed by atoms with van der Waals surface area (Å²) in [6, 6.07) is 2.97.